The molecule has 13 heteroatoms. The number of rotatable bonds is 4. The number of carbonyl (C=O) groups excluding carboxylic acids is 2. The second-order valence-electron chi connectivity index (χ2n) is 16.8. The van der Waals surface area contributed by atoms with Crippen molar-refractivity contribution >= 4 is 11.6 Å². The lowest BCUT2D eigenvalue weighted by Crippen LogP contribution is -2.61. The largest absolute Gasteiger partial charge is 0.394 e. The van der Waals surface area contributed by atoms with Gasteiger partial charge in [0.05, 0.1) is 73.8 Å². The van der Waals surface area contributed by atoms with Crippen molar-refractivity contribution < 1.29 is 63.2 Å². The van der Waals surface area contributed by atoms with Crippen LogP contribution in [-0.4, -0.2) is 143 Å². The van der Waals surface area contributed by atoms with Crippen LogP contribution in [-0.2, 0) is 42.7 Å². The molecule has 7 heterocycles. The molecule has 53 heavy (non-hydrogen) atoms. The summed E-state index contributed by atoms with van der Waals surface area (Å²) >= 11 is 0. The van der Waals surface area contributed by atoms with Crippen molar-refractivity contribution in [1.82, 2.24) is 0 Å². The molecule has 0 saturated carbocycles. The summed E-state index contributed by atoms with van der Waals surface area (Å²) in [6.45, 7) is 10.4. The number of hydrogen-bond acceptors (Lipinski definition) is 13. The first kappa shape index (κ1) is 39.6. The highest BCUT2D eigenvalue weighted by molar-refractivity contribution is 5.79. The highest BCUT2D eigenvalue weighted by atomic mass is 16.6. The number of ether oxygens (including phenoxy) is 7. The van der Waals surface area contributed by atoms with E-state index in [1.165, 1.54) is 0 Å². The Labute approximate surface area is 312 Å². The fourth-order valence-corrected chi connectivity index (χ4v) is 10.1. The fourth-order valence-electron chi connectivity index (χ4n) is 10.1. The first-order chi connectivity index (χ1) is 25.4. The van der Waals surface area contributed by atoms with Gasteiger partial charge in [-0.3, -0.25) is 9.59 Å². The van der Waals surface area contributed by atoms with Gasteiger partial charge in [-0.05, 0) is 62.0 Å². The van der Waals surface area contributed by atoms with Crippen LogP contribution in [0.1, 0.15) is 90.4 Å². The summed E-state index contributed by atoms with van der Waals surface area (Å²) in [6, 6.07) is 0. The Morgan fingerprint density at radius 2 is 1.45 bits per heavy atom. The molecule has 0 aromatic heterocycles. The van der Waals surface area contributed by atoms with Crippen LogP contribution in [0.3, 0.4) is 0 Å². The molecule has 0 aromatic carbocycles. The minimum atomic E-state index is -1.10. The molecule has 4 N–H and O–H groups in total. The van der Waals surface area contributed by atoms with E-state index < -0.39 is 79.9 Å². The number of Topliss-reactive ketones (excluding diaryl/α,β-unsaturated/α-hetero) is 2. The molecule has 0 radical (unpaired) electrons. The monoisotopic (exact) mass is 748 g/mol. The third-order valence-electron chi connectivity index (χ3n) is 13.1. The van der Waals surface area contributed by atoms with Crippen LogP contribution >= 0.6 is 0 Å². The van der Waals surface area contributed by atoms with Crippen molar-refractivity contribution in [2.75, 3.05) is 13.7 Å². The van der Waals surface area contributed by atoms with E-state index in [0.717, 1.165) is 30.4 Å². The smallest absolute Gasteiger partial charge is 0.135 e. The lowest BCUT2D eigenvalue weighted by atomic mass is 9.81. The van der Waals surface area contributed by atoms with Crippen molar-refractivity contribution in [3.63, 3.8) is 0 Å². The van der Waals surface area contributed by atoms with E-state index in [-0.39, 0.29) is 79.9 Å². The number of hydrogen-bond donors (Lipinski definition) is 4. The van der Waals surface area contributed by atoms with Gasteiger partial charge in [0, 0.05) is 51.6 Å². The third kappa shape index (κ3) is 8.56. The van der Waals surface area contributed by atoms with Gasteiger partial charge in [-0.25, -0.2) is 0 Å². The number of fused-ring (bicyclic) bond motifs is 7. The first-order valence-corrected chi connectivity index (χ1v) is 19.9. The van der Waals surface area contributed by atoms with Gasteiger partial charge in [-0.2, -0.15) is 0 Å². The SMILES string of the molecule is C=C1C2C[C@@H]3O[C@H](CC(O)CO)[C@H](OC)C3CC(=O)CC3CCC4O[C@@H]5C(O[C@H](CC(=O)CCC6CC(=C)[C@H](CCC(C[C@H]1C)O2)O6)C5O)C(O)[C@H]4O3. The number of carbonyl (C=O) groups is 2. The van der Waals surface area contributed by atoms with Crippen molar-refractivity contribution in [2.45, 2.75) is 188 Å². The lowest BCUT2D eigenvalue weighted by molar-refractivity contribution is -0.259. The van der Waals surface area contributed by atoms with Crippen molar-refractivity contribution in [1.29, 1.82) is 0 Å². The molecule has 7 saturated heterocycles. The van der Waals surface area contributed by atoms with Crippen LogP contribution in [0.5, 0.6) is 0 Å². The maximum absolute atomic E-state index is 13.9. The van der Waals surface area contributed by atoms with E-state index >= 15 is 0 Å². The number of methoxy groups -OCH3 is 1. The Morgan fingerprint density at radius 1 is 0.736 bits per heavy atom. The second-order valence-corrected chi connectivity index (χ2v) is 16.8. The molecule has 7 aliphatic heterocycles. The van der Waals surface area contributed by atoms with E-state index in [0.29, 0.717) is 32.1 Å². The lowest BCUT2D eigenvalue weighted by Gasteiger charge is -2.46. The molecule has 0 aromatic rings. The third-order valence-corrected chi connectivity index (χ3v) is 13.1. The van der Waals surface area contributed by atoms with Gasteiger partial charge in [-0.1, -0.05) is 20.1 Å². The minimum Gasteiger partial charge on any atom is -0.394 e. The molecule has 13 nitrogen and oxygen atoms in total. The average molecular weight is 749 g/mol. The normalized spacial score (nSPS) is 47.7. The molecule has 7 aliphatic rings. The van der Waals surface area contributed by atoms with Crippen LogP contribution in [0.4, 0.5) is 0 Å². The van der Waals surface area contributed by atoms with Gasteiger partial charge >= 0.3 is 0 Å². The van der Waals surface area contributed by atoms with E-state index in [9.17, 15) is 30.0 Å². The molecular formula is C40H60O13. The van der Waals surface area contributed by atoms with E-state index in [2.05, 4.69) is 20.1 Å². The molecule has 0 aliphatic carbocycles. The zero-order chi connectivity index (χ0) is 37.6. The number of ketones is 2. The Bertz CT molecular complexity index is 1340. The highest BCUT2D eigenvalue weighted by Gasteiger charge is 2.57. The van der Waals surface area contributed by atoms with E-state index in [1.807, 2.05) is 0 Å². The zero-order valence-electron chi connectivity index (χ0n) is 31.2. The summed E-state index contributed by atoms with van der Waals surface area (Å²) < 4.78 is 44.3. The highest BCUT2D eigenvalue weighted by Crippen LogP contribution is 2.43. The summed E-state index contributed by atoms with van der Waals surface area (Å²) in [5.74, 6) is -0.221. The Balaban J connectivity index is 1.11. The maximum Gasteiger partial charge on any atom is 0.135 e. The van der Waals surface area contributed by atoms with Crippen LogP contribution in [0.25, 0.3) is 0 Å². The van der Waals surface area contributed by atoms with E-state index in [4.69, 9.17) is 33.2 Å². The number of aliphatic hydroxyl groups excluding tert-OH is 4. The fraction of sp³-hybridized carbons (Fsp3) is 0.850. The van der Waals surface area contributed by atoms with Gasteiger partial charge in [0.25, 0.3) is 0 Å². The topological polar surface area (TPSA) is 180 Å². The van der Waals surface area contributed by atoms with Gasteiger partial charge in [0.1, 0.15) is 42.1 Å². The molecular weight excluding hydrogens is 688 g/mol. The van der Waals surface area contributed by atoms with Crippen LogP contribution in [0.2, 0.25) is 0 Å². The molecule has 0 spiro atoms. The average Bonchev–Trinajstić information content (AvgIpc) is 3.76. The Morgan fingerprint density at radius 3 is 2.23 bits per heavy atom. The first-order valence-electron chi connectivity index (χ1n) is 19.9. The molecule has 298 valence electrons. The molecule has 7 rings (SSSR count). The molecule has 18 atom stereocenters. The molecule has 7 fully saturated rings. The van der Waals surface area contributed by atoms with Crippen LogP contribution in [0, 0.1) is 11.8 Å². The van der Waals surface area contributed by atoms with Crippen LogP contribution in [0.15, 0.2) is 24.3 Å². The Kier molecular flexibility index (Phi) is 12.6. The Hall–Kier alpha value is -1.62. The summed E-state index contributed by atoms with van der Waals surface area (Å²) in [6.07, 6.45) is -3.55. The van der Waals surface area contributed by atoms with Crippen molar-refractivity contribution in [3.05, 3.63) is 24.3 Å². The minimum absolute atomic E-state index is 0.00643. The van der Waals surface area contributed by atoms with Crippen molar-refractivity contribution in [2.24, 2.45) is 11.8 Å². The van der Waals surface area contributed by atoms with Gasteiger partial charge < -0.3 is 53.6 Å². The zero-order valence-corrected chi connectivity index (χ0v) is 31.2. The van der Waals surface area contributed by atoms with Gasteiger partial charge in [0.15, 0.2) is 0 Å². The standard InChI is InChI=1S/C40H60O13/c1-19-11-26-7-9-29-20(2)12-25(48-29)6-5-22(42)15-33-35(45)39-40(53-33)36(46)38-30(52-39)10-8-27(50-38)13-23(43)14-28-32(17-31(49-26)21(19)3)51-34(37(28)47-4)16-24(44)18-41/h19,24-41,44-46H,2-3,5-18H2,1,4H3/t19-,24?,25?,26?,27?,28?,29+,30?,31?,32+,33-,34-,35?,36?,37-,38+,39+,40?/m1/s1. The van der Waals surface area contributed by atoms with E-state index in [1.54, 1.807) is 7.11 Å². The molecule has 8 bridgehead atoms. The molecule has 0 amide bonds. The maximum atomic E-state index is 13.9. The van der Waals surface area contributed by atoms with Gasteiger partial charge in [0.2, 0.25) is 0 Å². The quantitative estimate of drug-likeness (QED) is 0.308. The summed E-state index contributed by atoms with van der Waals surface area (Å²) in [4.78, 5) is 27.0. The molecule has 10 unspecified atom stereocenters. The van der Waals surface area contributed by atoms with Crippen molar-refractivity contribution in [3.8, 4) is 0 Å². The van der Waals surface area contributed by atoms with Gasteiger partial charge in [-0.15, -0.1) is 0 Å². The number of aliphatic hydroxyl groups is 4. The van der Waals surface area contributed by atoms with Crippen LogP contribution < -0.4 is 0 Å². The summed E-state index contributed by atoms with van der Waals surface area (Å²) in [5, 5.41) is 42.6. The second kappa shape index (κ2) is 16.9. The predicted molar refractivity (Wildman–Crippen MR) is 189 cm³/mol. The predicted octanol–water partition coefficient (Wildman–Crippen LogP) is 2.27. The summed E-state index contributed by atoms with van der Waals surface area (Å²) in [5.41, 5.74) is 2.00. The summed E-state index contributed by atoms with van der Waals surface area (Å²) in [7, 11) is 1.58.